The summed E-state index contributed by atoms with van der Waals surface area (Å²) in [6, 6.07) is 18.4. The summed E-state index contributed by atoms with van der Waals surface area (Å²) in [4.78, 5) is 43.2. The fourth-order valence-electron chi connectivity index (χ4n) is 7.56. The molecule has 60 heavy (non-hydrogen) atoms. The second-order valence-corrected chi connectivity index (χ2v) is 15.5. The maximum atomic E-state index is 13.2. The largest absolute Gasteiger partial charge is 0.381 e. The molecule has 3 N–H and O–H groups in total. The lowest BCUT2D eigenvalue weighted by molar-refractivity contribution is -0.384. The van der Waals surface area contributed by atoms with E-state index < -0.39 is 4.92 Å². The second-order valence-electron chi connectivity index (χ2n) is 14.7. The maximum absolute atomic E-state index is 13.2. The van der Waals surface area contributed by atoms with Gasteiger partial charge in [0.25, 0.3) is 0 Å². The number of hydrogen-bond donors (Lipinski definition) is 3. The lowest BCUT2D eigenvalue weighted by atomic mass is 9.94. The number of nitrogens with one attached hydrogen (secondary N) is 3. The Labute approximate surface area is 357 Å². The fourth-order valence-corrected chi connectivity index (χ4v) is 8.01. The predicted molar refractivity (Wildman–Crippen MR) is 235 cm³/mol. The number of nitrogens with zero attached hydrogens (tertiary/aromatic N) is 6. The van der Waals surface area contributed by atoms with Gasteiger partial charge in [0.2, 0.25) is 5.82 Å². The topological polar surface area (TPSA) is 182 Å². The smallest absolute Gasteiger partial charge is 0.333 e. The molecule has 4 aliphatic heterocycles. The van der Waals surface area contributed by atoms with Gasteiger partial charge in [0, 0.05) is 83.8 Å². The molecule has 2 aromatic carbocycles. The first-order valence-corrected chi connectivity index (χ1v) is 20.2. The number of benzene rings is 2. The average molecular weight is 851 g/mol. The quantitative estimate of drug-likeness (QED) is 0.0772. The number of H-pyrrole nitrogens is 1. The van der Waals surface area contributed by atoms with E-state index in [1.165, 1.54) is 6.20 Å². The summed E-state index contributed by atoms with van der Waals surface area (Å²) in [5, 5.41) is 25.6. The monoisotopic (exact) mass is 849 g/mol. The number of aromatic nitrogens is 4. The van der Waals surface area contributed by atoms with Crippen molar-refractivity contribution in [3.63, 3.8) is 0 Å². The fraction of sp³-hybridized carbons (Fsp3) is 0.318. The molecule has 0 unspecified atom stereocenters. The van der Waals surface area contributed by atoms with Crippen molar-refractivity contribution in [2.45, 2.75) is 58.8 Å². The van der Waals surface area contributed by atoms with Crippen LogP contribution in [0.25, 0.3) is 0 Å². The third-order valence-corrected chi connectivity index (χ3v) is 11.5. The number of aromatic amines is 1. The van der Waals surface area contributed by atoms with Crippen molar-refractivity contribution in [1.82, 2.24) is 20.2 Å². The molecule has 16 heteroatoms. The van der Waals surface area contributed by atoms with Crippen LogP contribution in [0.3, 0.4) is 0 Å². The number of ether oxygens (including phenoxy) is 2. The number of amidine groups is 1. The zero-order chi connectivity index (χ0) is 41.0. The summed E-state index contributed by atoms with van der Waals surface area (Å²) in [5.74, 6) is 1.11. The zero-order valence-corrected chi connectivity index (χ0v) is 33.9. The Morgan fingerprint density at radius 1 is 0.850 bits per heavy atom. The first-order chi connectivity index (χ1) is 28.7. The van der Waals surface area contributed by atoms with Crippen LogP contribution in [-0.2, 0) is 9.47 Å². The van der Waals surface area contributed by atoms with Gasteiger partial charge in [-0.3, -0.25) is 35.0 Å². The average Bonchev–Trinajstić information content (AvgIpc) is 3.75. The molecular formula is C44H45Cl2N9O5. The zero-order valence-electron chi connectivity index (χ0n) is 32.4. The van der Waals surface area contributed by atoms with E-state index in [0.717, 1.165) is 89.9 Å². The van der Waals surface area contributed by atoms with Gasteiger partial charge in [0.1, 0.15) is 11.4 Å². The molecule has 3 aromatic heterocycles. The number of aliphatic imine (C=N–C) groups is 2. The minimum Gasteiger partial charge on any atom is -0.381 e. The molecule has 5 aromatic rings. The summed E-state index contributed by atoms with van der Waals surface area (Å²) in [5.41, 5.74) is 8.69. The highest BCUT2D eigenvalue weighted by atomic mass is 35.5. The molecule has 0 aliphatic carbocycles. The molecule has 2 saturated heterocycles. The minimum atomic E-state index is -0.517. The highest BCUT2D eigenvalue weighted by Crippen LogP contribution is 2.36. The Morgan fingerprint density at radius 3 is 2.15 bits per heavy atom. The Morgan fingerprint density at radius 2 is 1.48 bits per heavy atom. The molecule has 2 fully saturated rings. The van der Waals surface area contributed by atoms with E-state index in [-0.39, 0.29) is 36.2 Å². The second kappa shape index (κ2) is 18.6. The van der Waals surface area contributed by atoms with Crippen LogP contribution in [0.15, 0.2) is 94.3 Å². The molecule has 4 aliphatic rings. The first-order valence-electron chi connectivity index (χ1n) is 19.4. The highest BCUT2D eigenvalue weighted by Gasteiger charge is 2.29. The summed E-state index contributed by atoms with van der Waals surface area (Å²) >= 11 is 12.8. The number of fused-ring (bicyclic) bond motifs is 2. The lowest BCUT2D eigenvalue weighted by Gasteiger charge is -2.22. The van der Waals surface area contributed by atoms with E-state index in [4.69, 9.17) is 42.7 Å². The molecule has 7 heterocycles. The summed E-state index contributed by atoms with van der Waals surface area (Å²) in [7, 11) is 0. The van der Waals surface area contributed by atoms with Gasteiger partial charge in [-0.1, -0.05) is 61.0 Å². The van der Waals surface area contributed by atoms with Gasteiger partial charge in [0.05, 0.1) is 39.1 Å². The molecule has 0 saturated carbocycles. The van der Waals surface area contributed by atoms with E-state index >= 15 is 0 Å². The number of halogens is 2. The number of carbonyl (C=O) groups is 1. The number of nitro groups is 1. The van der Waals surface area contributed by atoms with Gasteiger partial charge in [0.15, 0.2) is 11.6 Å². The molecule has 9 rings (SSSR count). The van der Waals surface area contributed by atoms with Crippen molar-refractivity contribution >= 4 is 63.4 Å². The standard InChI is InChI=1S/C22H21ClN4O.C21H20ClN5O4.CH4/c1-13-11-25-22-20(13)27-21(15-4-2-3-5-17(15)23)16-12-24-18(10-19(16)26-22)14-6-8-28-9-7-14;1-12-19(27(29)30)21(26-25-12)24-18-10-17(13-6-8-31-9-7-13)23-11-15(18)20(28)14-4-2-3-5-16(14)22;/h2-5,10,12,14H,6-9,11H2,1H3,(H,25,26);2-5,10-11,13H,6-9H2,1H3,(H2,23,24,25,26);1H4. The van der Waals surface area contributed by atoms with Crippen LogP contribution in [0.5, 0.6) is 0 Å². The van der Waals surface area contributed by atoms with Crippen LogP contribution in [-0.4, -0.2) is 75.4 Å². The van der Waals surface area contributed by atoms with E-state index in [0.29, 0.717) is 52.7 Å². The molecule has 0 bridgehead atoms. The Bertz CT molecular complexity index is 2520. The van der Waals surface area contributed by atoms with Crippen molar-refractivity contribution < 1.29 is 19.2 Å². The Hall–Kier alpha value is -5.80. The van der Waals surface area contributed by atoms with Gasteiger partial charge in [-0.25, -0.2) is 4.99 Å². The van der Waals surface area contributed by atoms with Crippen LogP contribution in [0.1, 0.15) is 96.0 Å². The van der Waals surface area contributed by atoms with E-state index in [1.807, 2.05) is 30.5 Å². The first kappa shape index (κ1) is 42.3. The molecule has 14 nitrogen and oxygen atoms in total. The van der Waals surface area contributed by atoms with E-state index in [1.54, 1.807) is 37.3 Å². The number of pyridine rings is 2. The molecular weight excluding hydrogens is 805 g/mol. The lowest BCUT2D eigenvalue weighted by Crippen LogP contribution is -2.17. The van der Waals surface area contributed by atoms with Gasteiger partial charge in [-0.15, -0.1) is 5.10 Å². The van der Waals surface area contributed by atoms with Gasteiger partial charge >= 0.3 is 5.69 Å². The van der Waals surface area contributed by atoms with Crippen molar-refractivity contribution in [3.8, 4) is 0 Å². The molecule has 0 amide bonds. The Kier molecular flexibility index (Phi) is 13.1. The van der Waals surface area contributed by atoms with Crippen molar-refractivity contribution in [2.75, 3.05) is 43.6 Å². The van der Waals surface area contributed by atoms with Crippen LogP contribution in [0.2, 0.25) is 10.0 Å². The SMILES string of the molecule is C.CC1=C2N=C(c3ccccc3Cl)c3cnc(C4CCOCC4)cc3NC2=NC1.Cc1[nH]nc(Nc2cc(C3CCOCC3)ncc2C(=O)c2ccccc2Cl)c1[N+](=O)[O-]. The minimum absolute atomic E-state index is 0. The number of hydrogen-bond acceptors (Lipinski definition) is 12. The van der Waals surface area contributed by atoms with Crippen molar-refractivity contribution in [1.29, 1.82) is 0 Å². The van der Waals surface area contributed by atoms with Crippen molar-refractivity contribution in [2.24, 2.45) is 9.98 Å². The molecule has 0 radical (unpaired) electrons. The Balaban J connectivity index is 0.000000179. The molecule has 310 valence electrons. The van der Waals surface area contributed by atoms with Gasteiger partial charge in [-0.05, 0) is 75.4 Å². The van der Waals surface area contributed by atoms with E-state index in [9.17, 15) is 14.9 Å². The van der Waals surface area contributed by atoms with E-state index in [2.05, 4.69) is 43.8 Å². The van der Waals surface area contributed by atoms with Crippen LogP contribution < -0.4 is 10.6 Å². The maximum Gasteiger partial charge on any atom is 0.333 e. The number of carbonyl (C=O) groups excluding carboxylic acids is 1. The number of aryl methyl sites for hydroxylation is 1. The number of anilines is 3. The number of ketones is 1. The third kappa shape index (κ3) is 8.87. The normalized spacial score (nSPS) is 16.5. The highest BCUT2D eigenvalue weighted by molar-refractivity contribution is 6.37. The predicted octanol–water partition coefficient (Wildman–Crippen LogP) is 9.76. The van der Waals surface area contributed by atoms with Gasteiger partial charge in [-0.2, -0.15) is 0 Å². The molecule has 0 spiro atoms. The summed E-state index contributed by atoms with van der Waals surface area (Å²) in [6.07, 6.45) is 7.04. The summed E-state index contributed by atoms with van der Waals surface area (Å²) < 4.78 is 10.9. The van der Waals surface area contributed by atoms with Gasteiger partial charge < -0.3 is 20.1 Å². The third-order valence-electron chi connectivity index (χ3n) is 10.8. The molecule has 0 atom stereocenters. The van der Waals surface area contributed by atoms with Crippen LogP contribution in [0, 0.1) is 17.0 Å². The number of rotatable bonds is 8. The van der Waals surface area contributed by atoms with Crippen LogP contribution >= 0.6 is 23.2 Å². The summed E-state index contributed by atoms with van der Waals surface area (Å²) in [6.45, 7) is 7.17. The van der Waals surface area contributed by atoms with Crippen LogP contribution in [0.4, 0.5) is 22.9 Å². The van der Waals surface area contributed by atoms with Crippen molar-refractivity contribution in [3.05, 3.63) is 144 Å².